The van der Waals surface area contributed by atoms with Crippen LogP contribution in [-0.4, -0.2) is 56.8 Å². The number of rotatable bonds is 8. The number of amides is 3. The van der Waals surface area contributed by atoms with Gasteiger partial charge in [0.15, 0.2) is 0 Å². The third-order valence-electron chi connectivity index (χ3n) is 8.18. The standard InChI is InChI=1S/C30H34N4O5/c1-5-16(4)24(30(38)39)33-28(36)23(15(2)3)32-27(35)22-14-20-17-10-8-9-13-21(17)31-25(20)26-18-11-6-7-12-19(18)29(37)34(22)26/h6-13,15-16,22-24,26,31H,5,14H2,1-4H3,(H,32,35)(H,33,36)(H,38,39)/t16-,22+,23+,24+,26+/m1/s1. The Morgan fingerprint density at radius 1 is 1.03 bits per heavy atom. The molecule has 3 aromatic rings. The van der Waals surface area contributed by atoms with E-state index in [0.29, 0.717) is 18.4 Å². The number of hydrogen-bond donors (Lipinski definition) is 4. The van der Waals surface area contributed by atoms with Gasteiger partial charge in [-0.1, -0.05) is 70.5 Å². The van der Waals surface area contributed by atoms with Crippen LogP contribution in [0.2, 0.25) is 0 Å². The predicted molar refractivity (Wildman–Crippen MR) is 146 cm³/mol. The van der Waals surface area contributed by atoms with E-state index in [2.05, 4.69) is 15.6 Å². The Morgan fingerprint density at radius 2 is 1.72 bits per heavy atom. The summed E-state index contributed by atoms with van der Waals surface area (Å²) >= 11 is 0. The molecule has 2 aromatic carbocycles. The van der Waals surface area contributed by atoms with Gasteiger partial charge in [0.05, 0.1) is 6.04 Å². The zero-order valence-corrected chi connectivity index (χ0v) is 22.5. The van der Waals surface area contributed by atoms with Gasteiger partial charge in [0, 0.05) is 28.6 Å². The van der Waals surface area contributed by atoms with Crippen LogP contribution in [0.3, 0.4) is 0 Å². The molecule has 0 radical (unpaired) electrons. The van der Waals surface area contributed by atoms with E-state index < -0.39 is 42.0 Å². The van der Waals surface area contributed by atoms with Crippen LogP contribution in [0.4, 0.5) is 0 Å². The number of nitrogens with one attached hydrogen (secondary N) is 3. The van der Waals surface area contributed by atoms with E-state index >= 15 is 0 Å². The number of carboxylic acids is 1. The van der Waals surface area contributed by atoms with Crippen LogP contribution in [0.1, 0.15) is 67.3 Å². The van der Waals surface area contributed by atoms with Gasteiger partial charge in [-0.25, -0.2) is 4.79 Å². The number of aromatic nitrogens is 1. The number of carbonyl (C=O) groups excluding carboxylic acids is 3. The maximum absolute atomic E-state index is 13.9. The number of aliphatic carboxylic acids is 1. The minimum atomic E-state index is -1.12. The fraction of sp³-hybridized carbons (Fsp3) is 0.400. The number of carboxylic acid groups (broad SMARTS) is 1. The minimum absolute atomic E-state index is 0.228. The second-order valence-electron chi connectivity index (χ2n) is 10.9. The number of fused-ring (bicyclic) bond motifs is 7. The first-order valence-corrected chi connectivity index (χ1v) is 13.5. The second kappa shape index (κ2) is 10.2. The SMILES string of the molecule is CC[C@@H](C)[C@H](NC(=O)[C@@H](NC(=O)[C@@H]1Cc2c([nH]c3ccccc23)[C@@H]2c3ccccc3C(=O)N21)C(C)C)C(=O)O. The van der Waals surface area contributed by atoms with Gasteiger partial charge in [-0.15, -0.1) is 0 Å². The Bertz CT molecular complexity index is 1460. The lowest BCUT2D eigenvalue weighted by Crippen LogP contribution is -2.59. The molecule has 3 heterocycles. The van der Waals surface area contributed by atoms with E-state index in [-0.39, 0.29) is 17.7 Å². The highest BCUT2D eigenvalue weighted by atomic mass is 16.4. The highest BCUT2D eigenvalue weighted by Gasteiger charge is 2.49. The molecule has 204 valence electrons. The van der Waals surface area contributed by atoms with E-state index in [1.807, 2.05) is 49.4 Å². The topological polar surface area (TPSA) is 132 Å². The van der Waals surface area contributed by atoms with Crippen LogP contribution >= 0.6 is 0 Å². The average Bonchev–Trinajstić information content (AvgIpc) is 3.44. The van der Waals surface area contributed by atoms with Crippen molar-refractivity contribution in [2.45, 2.75) is 64.7 Å². The maximum atomic E-state index is 13.9. The summed E-state index contributed by atoms with van der Waals surface area (Å²) < 4.78 is 0. The van der Waals surface area contributed by atoms with Gasteiger partial charge < -0.3 is 25.6 Å². The van der Waals surface area contributed by atoms with Gasteiger partial charge in [0.1, 0.15) is 18.1 Å². The minimum Gasteiger partial charge on any atom is -0.480 e. The van der Waals surface area contributed by atoms with Gasteiger partial charge in [0.25, 0.3) is 5.91 Å². The zero-order valence-electron chi connectivity index (χ0n) is 22.5. The number of para-hydroxylation sites is 1. The van der Waals surface area contributed by atoms with Crippen molar-refractivity contribution in [2.24, 2.45) is 11.8 Å². The maximum Gasteiger partial charge on any atom is 0.326 e. The molecule has 3 amide bonds. The summed E-state index contributed by atoms with van der Waals surface area (Å²) in [5.41, 5.74) is 4.20. The fourth-order valence-corrected chi connectivity index (χ4v) is 5.85. The molecule has 39 heavy (non-hydrogen) atoms. The molecule has 4 N–H and O–H groups in total. The molecule has 0 fully saturated rings. The zero-order chi connectivity index (χ0) is 28.0. The van der Waals surface area contributed by atoms with Crippen LogP contribution < -0.4 is 10.6 Å². The van der Waals surface area contributed by atoms with E-state index in [9.17, 15) is 24.3 Å². The van der Waals surface area contributed by atoms with Crippen LogP contribution in [-0.2, 0) is 20.8 Å². The van der Waals surface area contributed by atoms with Gasteiger partial charge in [0.2, 0.25) is 11.8 Å². The van der Waals surface area contributed by atoms with Crippen molar-refractivity contribution in [3.8, 4) is 0 Å². The van der Waals surface area contributed by atoms with Gasteiger partial charge in [-0.05, 0) is 35.1 Å². The quantitative estimate of drug-likeness (QED) is 0.355. The van der Waals surface area contributed by atoms with Crippen molar-refractivity contribution in [1.29, 1.82) is 0 Å². The summed E-state index contributed by atoms with van der Waals surface area (Å²) in [5, 5.41) is 16.1. The summed E-state index contributed by atoms with van der Waals surface area (Å²) in [6, 6.07) is 11.9. The molecule has 2 aliphatic heterocycles. The molecular formula is C30H34N4O5. The van der Waals surface area contributed by atoms with Gasteiger partial charge >= 0.3 is 5.97 Å². The first-order valence-electron chi connectivity index (χ1n) is 13.5. The molecule has 0 bridgehead atoms. The van der Waals surface area contributed by atoms with Gasteiger partial charge in [-0.3, -0.25) is 14.4 Å². The van der Waals surface area contributed by atoms with Crippen molar-refractivity contribution in [3.05, 3.63) is 70.9 Å². The Kier molecular flexibility index (Phi) is 6.92. The highest BCUT2D eigenvalue weighted by molar-refractivity contribution is 6.04. The number of nitrogens with zero attached hydrogens (tertiary/aromatic N) is 1. The Morgan fingerprint density at radius 3 is 2.41 bits per heavy atom. The van der Waals surface area contributed by atoms with Crippen LogP contribution in [0, 0.1) is 11.8 Å². The van der Waals surface area contributed by atoms with Crippen LogP contribution in [0.15, 0.2) is 48.5 Å². The van der Waals surface area contributed by atoms with Gasteiger partial charge in [-0.2, -0.15) is 0 Å². The Balaban J connectivity index is 1.49. The largest absolute Gasteiger partial charge is 0.480 e. The Labute approximate surface area is 227 Å². The molecule has 2 aliphatic rings. The molecule has 5 rings (SSSR count). The Hall–Kier alpha value is -4.14. The lowest BCUT2D eigenvalue weighted by Gasteiger charge is -2.38. The summed E-state index contributed by atoms with van der Waals surface area (Å²) in [5.74, 6) is -2.93. The summed E-state index contributed by atoms with van der Waals surface area (Å²) in [7, 11) is 0. The molecular weight excluding hydrogens is 496 g/mol. The number of benzene rings is 2. The molecule has 0 spiro atoms. The van der Waals surface area contributed by atoms with Crippen LogP contribution in [0.25, 0.3) is 10.9 Å². The highest BCUT2D eigenvalue weighted by Crippen LogP contribution is 2.46. The van der Waals surface area contributed by atoms with Crippen molar-refractivity contribution >= 4 is 34.6 Å². The van der Waals surface area contributed by atoms with E-state index in [0.717, 1.165) is 27.7 Å². The first-order chi connectivity index (χ1) is 18.6. The predicted octanol–water partition coefficient (Wildman–Crippen LogP) is 3.39. The molecule has 5 atom stereocenters. The third-order valence-corrected chi connectivity index (χ3v) is 8.18. The summed E-state index contributed by atoms with van der Waals surface area (Å²) in [4.78, 5) is 57.8. The molecule has 0 unspecified atom stereocenters. The molecule has 1 aromatic heterocycles. The summed E-state index contributed by atoms with van der Waals surface area (Å²) in [6.07, 6.45) is 0.864. The molecule has 0 saturated carbocycles. The molecule has 0 aliphatic carbocycles. The fourth-order valence-electron chi connectivity index (χ4n) is 5.85. The third kappa shape index (κ3) is 4.45. The summed E-state index contributed by atoms with van der Waals surface area (Å²) in [6.45, 7) is 7.21. The van der Waals surface area contributed by atoms with Crippen molar-refractivity contribution < 1.29 is 24.3 Å². The normalized spacial score (nSPS) is 20.1. The number of hydrogen-bond acceptors (Lipinski definition) is 4. The van der Waals surface area contributed by atoms with Crippen molar-refractivity contribution in [2.75, 3.05) is 0 Å². The molecule has 9 nitrogen and oxygen atoms in total. The van der Waals surface area contributed by atoms with Crippen LogP contribution in [0.5, 0.6) is 0 Å². The lowest BCUT2D eigenvalue weighted by molar-refractivity contribution is -0.144. The van der Waals surface area contributed by atoms with E-state index in [1.165, 1.54) is 0 Å². The van der Waals surface area contributed by atoms with E-state index in [1.54, 1.807) is 31.7 Å². The first kappa shape index (κ1) is 26.5. The van der Waals surface area contributed by atoms with Crippen molar-refractivity contribution in [3.63, 3.8) is 0 Å². The average molecular weight is 531 g/mol. The number of H-pyrrole nitrogens is 1. The molecule has 0 saturated heterocycles. The molecule has 9 heteroatoms. The number of aromatic amines is 1. The lowest BCUT2D eigenvalue weighted by atomic mass is 9.89. The number of carbonyl (C=O) groups is 4. The van der Waals surface area contributed by atoms with E-state index in [4.69, 9.17) is 0 Å². The smallest absolute Gasteiger partial charge is 0.326 e. The van der Waals surface area contributed by atoms with Crippen molar-refractivity contribution in [1.82, 2.24) is 20.5 Å². The second-order valence-corrected chi connectivity index (χ2v) is 10.9. The monoisotopic (exact) mass is 530 g/mol.